The van der Waals surface area contributed by atoms with Crippen LogP contribution in [0.3, 0.4) is 0 Å². The van der Waals surface area contributed by atoms with E-state index in [0.29, 0.717) is 5.69 Å². The molecule has 25 heavy (non-hydrogen) atoms. The monoisotopic (exact) mass is 362 g/mol. The number of aryl methyl sites for hydroxylation is 1. The number of likely N-dealkylation sites (tertiary alicyclic amines) is 1. The molecule has 1 aromatic heterocycles. The number of halogens is 1. The van der Waals surface area contributed by atoms with Crippen LogP contribution in [0.25, 0.3) is 10.6 Å². The highest BCUT2D eigenvalue weighted by Crippen LogP contribution is 2.28. The van der Waals surface area contributed by atoms with Gasteiger partial charge in [-0.05, 0) is 12.0 Å². The molecule has 1 saturated heterocycles. The van der Waals surface area contributed by atoms with Gasteiger partial charge in [0.2, 0.25) is 11.6 Å². The Morgan fingerprint density at radius 1 is 1.36 bits per heavy atom. The van der Waals surface area contributed by atoms with Crippen LogP contribution in [0.4, 0.5) is 4.39 Å². The molecule has 1 fully saturated rings. The van der Waals surface area contributed by atoms with E-state index in [1.54, 1.807) is 0 Å². The van der Waals surface area contributed by atoms with Gasteiger partial charge in [-0.2, -0.15) is 0 Å². The zero-order valence-electron chi connectivity index (χ0n) is 13.9. The molecule has 1 atom stereocenters. The Bertz CT molecular complexity index is 790. The van der Waals surface area contributed by atoms with Crippen molar-refractivity contribution in [1.82, 2.24) is 9.88 Å². The van der Waals surface area contributed by atoms with Crippen LogP contribution >= 0.6 is 11.3 Å². The van der Waals surface area contributed by atoms with E-state index >= 15 is 0 Å². The van der Waals surface area contributed by atoms with Crippen LogP contribution in [-0.2, 0) is 22.4 Å². The second-order valence-corrected chi connectivity index (χ2v) is 7.07. The van der Waals surface area contributed by atoms with Crippen molar-refractivity contribution in [3.8, 4) is 10.6 Å². The third-order valence-corrected chi connectivity index (χ3v) is 5.39. The Morgan fingerprint density at radius 2 is 2.08 bits per heavy atom. The van der Waals surface area contributed by atoms with Gasteiger partial charge in [0, 0.05) is 23.9 Å². The number of carbonyl (C=O) groups excluding carboxylic acids is 1. The Morgan fingerprint density at radius 3 is 2.68 bits per heavy atom. The molecule has 5 nitrogen and oxygen atoms in total. The van der Waals surface area contributed by atoms with Crippen molar-refractivity contribution in [1.29, 1.82) is 0 Å². The highest BCUT2D eigenvalue weighted by atomic mass is 32.1. The van der Waals surface area contributed by atoms with Gasteiger partial charge in [0.05, 0.1) is 18.7 Å². The molecule has 0 aliphatic carbocycles. The maximum absolute atomic E-state index is 14.1. The van der Waals surface area contributed by atoms with Crippen LogP contribution in [0.2, 0.25) is 0 Å². The molecule has 1 amide bonds. The van der Waals surface area contributed by atoms with Crippen molar-refractivity contribution in [2.24, 2.45) is 0 Å². The van der Waals surface area contributed by atoms with Gasteiger partial charge in [-0.1, -0.05) is 31.2 Å². The summed E-state index contributed by atoms with van der Waals surface area (Å²) < 4.78 is 14.1. The molecule has 0 spiro atoms. The Hall–Kier alpha value is -2.28. The minimum Gasteiger partial charge on any atom is -0.479 e. The van der Waals surface area contributed by atoms with E-state index in [-0.39, 0.29) is 25.3 Å². The molecular weight excluding hydrogens is 343 g/mol. The zero-order valence-corrected chi connectivity index (χ0v) is 14.7. The molecule has 2 heterocycles. The van der Waals surface area contributed by atoms with Crippen molar-refractivity contribution >= 4 is 23.2 Å². The second kappa shape index (κ2) is 6.92. The van der Waals surface area contributed by atoms with Gasteiger partial charge in [0.1, 0.15) is 5.01 Å². The lowest BCUT2D eigenvalue weighted by molar-refractivity contribution is -0.150. The van der Waals surface area contributed by atoms with E-state index in [0.717, 1.165) is 17.0 Å². The fraction of sp³-hybridized carbons (Fsp3) is 0.389. The van der Waals surface area contributed by atoms with Crippen LogP contribution in [0, 0.1) is 0 Å². The SMILES string of the molecule is CCc1ccc(-c2nc(CC(=O)N3CCC(F)(C(=O)O)C3)cs2)cc1. The average Bonchev–Trinajstić information content (AvgIpc) is 3.23. The van der Waals surface area contributed by atoms with Crippen LogP contribution in [0.1, 0.15) is 24.6 Å². The molecule has 0 radical (unpaired) electrons. The summed E-state index contributed by atoms with van der Waals surface area (Å²) in [7, 11) is 0. The number of aliphatic carboxylic acids is 1. The molecule has 1 unspecified atom stereocenters. The van der Waals surface area contributed by atoms with E-state index in [9.17, 15) is 14.0 Å². The van der Waals surface area contributed by atoms with E-state index in [2.05, 4.69) is 24.0 Å². The molecule has 3 rings (SSSR count). The Labute approximate surface area is 149 Å². The highest BCUT2D eigenvalue weighted by Gasteiger charge is 2.46. The quantitative estimate of drug-likeness (QED) is 0.888. The average molecular weight is 362 g/mol. The number of benzene rings is 1. The molecule has 1 aliphatic rings. The molecule has 1 aromatic carbocycles. The van der Waals surface area contributed by atoms with Crippen LogP contribution < -0.4 is 0 Å². The zero-order chi connectivity index (χ0) is 18.0. The lowest BCUT2D eigenvalue weighted by Gasteiger charge is -2.17. The number of carboxylic acid groups (broad SMARTS) is 1. The second-order valence-electron chi connectivity index (χ2n) is 6.21. The summed E-state index contributed by atoms with van der Waals surface area (Å²) >= 11 is 1.46. The first kappa shape index (κ1) is 17.5. The van der Waals surface area contributed by atoms with Gasteiger partial charge in [-0.25, -0.2) is 14.2 Å². The molecule has 1 aliphatic heterocycles. The maximum atomic E-state index is 14.1. The summed E-state index contributed by atoms with van der Waals surface area (Å²) in [6.07, 6.45) is 0.861. The van der Waals surface area contributed by atoms with Crippen molar-refractivity contribution < 1.29 is 19.1 Å². The normalized spacial score (nSPS) is 20.0. The number of nitrogens with zero attached hydrogens (tertiary/aromatic N) is 2. The van der Waals surface area contributed by atoms with E-state index < -0.39 is 18.2 Å². The minimum absolute atomic E-state index is 0.0548. The van der Waals surface area contributed by atoms with Crippen LogP contribution in [0.5, 0.6) is 0 Å². The lowest BCUT2D eigenvalue weighted by atomic mass is 10.1. The number of carbonyl (C=O) groups is 2. The van der Waals surface area contributed by atoms with Crippen LogP contribution in [-0.4, -0.2) is 45.6 Å². The Balaban J connectivity index is 1.65. The lowest BCUT2D eigenvalue weighted by Crippen LogP contribution is -2.39. The number of amides is 1. The van der Waals surface area contributed by atoms with Crippen molar-refractivity contribution in [3.63, 3.8) is 0 Å². The van der Waals surface area contributed by atoms with E-state index in [1.165, 1.54) is 21.8 Å². The predicted molar refractivity (Wildman–Crippen MR) is 93.3 cm³/mol. The van der Waals surface area contributed by atoms with Gasteiger partial charge in [0.15, 0.2) is 0 Å². The summed E-state index contributed by atoms with van der Waals surface area (Å²) in [5, 5.41) is 11.6. The van der Waals surface area contributed by atoms with Gasteiger partial charge < -0.3 is 10.0 Å². The molecule has 0 bridgehead atoms. The number of hydrogen-bond donors (Lipinski definition) is 1. The van der Waals surface area contributed by atoms with Crippen molar-refractivity contribution in [2.45, 2.75) is 31.9 Å². The topological polar surface area (TPSA) is 70.5 Å². The van der Waals surface area contributed by atoms with E-state index in [1.807, 2.05) is 17.5 Å². The molecular formula is C18H19FN2O3S. The minimum atomic E-state index is -2.33. The van der Waals surface area contributed by atoms with Crippen LogP contribution in [0.15, 0.2) is 29.6 Å². The number of aromatic nitrogens is 1. The molecule has 132 valence electrons. The highest BCUT2D eigenvalue weighted by molar-refractivity contribution is 7.13. The number of thiazole rings is 1. The number of alkyl halides is 1. The fourth-order valence-electron chi connectivity index (χ4n) is 2.83. The Kier molecular flexibility index (Phi) is 4.85. The first-order chi connectivity index (χ1) is 11.9. The first-order valence-corrected chi connectivity index (χ1v) is 9.03. The third kappa shape index (κ3) is 3.71. The number of rotatable bonds is 5. The summed E-state index contributed by atoms with van der Waals surface area (Å²) in [5.41, 5.74) is 0.536. The smallest absolute Gasteiger partial charge is 0.343 e. The molecule has 1 N–H and O–H groups in total. The van der Waals surface area contributed by atoms with Gasteiger partial charge in [-0.15, -0.1) is 11.3 Å². The van der Waals surface area contributed by atoms with Gasteiger partial charge in [0.25, 0.3) is 0 Å². The standard InChI is InChI=1S/C18H19FN2O3S/c1-2-12-3-5-13(6-4-12)16-20-14(10-25-16)9-15(22)21-8-7-18(19,11-21)17(23)24/h3-6,10H,2,7-9,11H2,1H3,(H,23,24). The molecule has 0 saturated carbocycles. The fourth-order valence-corrected chi connectivity index (χ4v) is 3.66. The molecule has 2 aromatic rings. The molecule has 7 heteroatoms. The third-order valence-electron chi connectivity index (χ3n) is 4.45. The van der Waals surface area contributed by atoms with Gasteiger partial charge in [-0.3, -0.25) is 4.79 Å². The van der Waals surface area contributed by atoms with Crippen molar-refractivity contribution in [3.05, 3.63) is 40.9 Å². The largest absolute Gasteiger partial charge is 0.479 e. The van der Waals surface area contributed by atoms with Crippen molar-refractivity contribution in [2.75, 3.05) is 13.1 Å². The summed E-state index contributed by atoms with van der Waals surface area (Å²) in [5.74, 6) is -1.80. The van der Waals surface area contributed by atoms with Gasteiger partial charge >= 0.3 is 5.97 Å². The first-order valence-electron chi connectivity index (χ1n) is 8.15. The number of hydrogen-bond acceptors (Lipinski definition) is 4. The predicted octanol–water partition coefficient (Wildman–Crippen LogP) is 2.94. The number of carboxylic acids is 1. The van der Waals surface area contributed by atoms with E-state index in [4.69, 9.17) is 5.11 Å². The summed E-state index contributed by atoms with van der Waals surface area (Å²) in [6, 6.07) is 8.12. The summed E-state index contributed by atoms with van der Waals surface area (Å²) in [6.45, 7) is 1.82. The maximum Gasteiger partial charge on any atom is 0.343 e. The summed E-state index contributed by atoms with van der Waals surface area (Å²) in [4.78, 5) is 29.0.